The van der Waals surface area contributed by atoms with Gasteiger partial charge in [0.1, 0.15) is 6.04 Å². The minimum atomic E-state index is -1.45. The Morgan fingerprint density at radius 1 is 1.29 bits per heavy atom. The number of hydrogen-bond acceptors (Lipinski definition) is 6. The van der Waals surface area contributed by atoms with Crippen LogP contribution in [-0.2, 0) is 19.2 Å². The van der Waals surface area contributed by atoms with Crippen molar-refractivity contribution in [2.75, 3.05) is 13.1 Å². The molecule has 24 heavy (non-hydrogen) atoms. The first-order chi connectivity index (χ1) is 11.1. The average molecular weight is 344 g/mol. The first-order valence-electron chi connectivity index (χ1n) is 7.69. The molecule has 0 spiro atoms. The van der Waals surface area contributed by atoms with E-state index in [0.717, 1.165) is 0 Å². The Morgan fingerprint density at radius 3 is 2.42 bits per heavy atom. The highest BCUT2D eigenvalue weighted by atomic mass is 16.4. The van der Waals surface area contributed by atoms with Crippen LogP contribution in [0.1, 0.15) is 26.7 Å². The normalized spacial score (nSPS) is 20.8. The lowest BCUT2D eigenvalue weighted by Crippen LogP contribution is -2.55. The molecule has 4 unspecified atom stereocenters. The van der Waals surface area contributed by atoms with Crippen LogP contribution in [0.25, 0.3) is 0 Å². The van der Waals surface area contributed by atoms with Crippen molar-refractivity contribution in [2.24, 2.45) is 5.73 Å². The van der Waals surface area contributed by atoms with Crippen molar-refractivity contribution in [3.05, 3.63) is 0 Å². The largest absolute Gasteiger partial charge is 0.480 e. The minimum absolute atomic E-state index is 0.289. The molecule has 0 radical (unpaired) electrons. The van der Waals surface area contributed by atoms with E-state index in [1.807, 2.05) is 0 Å². The summed E-state index contributed by atoms with van der Waals surface area (Å²) in [7, 11) is 0. The van der Waals surface area contributed by atoms with Gasteiger partial charge in [0.2, 0.25) is 17.7 Å². The fourth-order valence-corrected chi connectivity index (χ4v) is 2.40. The zero-order valence-electron chi connectivity index (χ0n) is 13.7. The van der Waals surface area contributed by atoms with Crippen LogP contribution in [0.15, 0.2) is 0 Å². The van der Waals surface area contributed by atoms with Crippen molar-refractivity contribution in [1.29, 1.82) is 0 Å². The molecule has 1 fully saturated rings. The van der Waals surface area contributed by atoms with Crippen LogP contribution in [0.3, 0.4) is 0 Å². The maximum absolute atomic E-state index is 12.2. The number of hydrogen-bond donors (Lipinski definition) is 5. The van der Waals surface area contributed by atoms with Crippen LogP contribution < -0.4 is 16.4 Å². The Bertz CT molecular complexity index is 507. The molecule has 0 aliphatic carbocycles. The molecular formula is C14H24N4O6. The molecule has 1 aliphatic heterocycles. The molecule has 1 aliphatic rings. The van der Waals surface area contributed by atoms with Gasteiger partial charge in [-0.2, -0.15) is 0 Å². The van der Waals surface area contributed by atoms with Crippen LogP contribution in [0, 0.1) is 0 Å². The van der Waals surface area contributed by atoms with Crippen molar-refractivity contribution in [2.45, 2.75) is 50.9 Å². The van der Waals surface area contributed by atoms with Gasteiger partial charge < -0.3 is 31.5 Å². The molecule has 0 aromatic carbocycles. The van der Waals surface area contributed by atoms with Crippen LogP contribution in [0.4, 0.5) is 0 Å². The third-order valence-electron chi connectivity index (χ3n) is 3.75. The van der Waals surface area contributed by atoms with E-state index in [4.69, 9.17) is 10.8 Å². The standard InChI is InChI=1S/C14H24N4O6/c1-7(15)12(21)16-6-10(20)18-5-3-4-9(18)13(22)17-11(8(2)19)14(23)24/h7-9,11,19H,3-6,15H2,1-2H3,(H,16,21)(H,17,22)(H,23,24). The minimum Gasteiger partial charge on any atom is -0.480 e. The number of likely N-dealkylation sites (tertiary alicyclic amines) is 1. The molecule has 10 heteroatoms. The first-order valence-corrected chi connectivity index (χ1v) is 7.69. The summed E-state index contributed by atoms with van der Waals surface area (Å²) in [4.78, 5) is 48.1. The van der Waals surface area contributed by atoms with Crippen molar-refractivity contribution >= 4 is 23.7 Å². The van der Waals surface area contributed by atoms with Crippen LogP contribution >= 0.6 is 0 Å². The molecule has 1 saturated heterocycles. The predicted octanol–water partition coefficient (Wildman–Crippen LogP) is -2.61. The Morgan fingerprint density at radius 2 is 1.92 bits per heavy atom. The third-order valence-corrected chi connectivity index (χ3v) is 3.75. The molecule has 0 bridgehead atoms. The average Bonchev–Trinajstić information content (AvgIpc) is 2.98. The summed E-state index contributed by atoms with van der Waals surface area (Å²) in [6.07, 6.45) is -0.315. The number of nitrogens with two attached hydrogens (primary N) is 1. The van der Waals surface area contributed by atoms with E-state index in [2.05, 4.69) is 10.6 Å². The number of carboxylic acid groups (broad SMARTS) is 1. The second kappa shape index (κ2) is 8.60. The molecule has 4 atom stereocenters. The number of nitrogens with zero attached hydrogens (tertiary/aromatic N) is 1. The number of aliphatic carboxylic acids is 1. The summed E-state index contributed by atoms with van der Waals surface area (Å²) in [5, 5.41) is 23.0. The van der Waals surface area contributed by atoms with Crippen molar-refractivity contribution < 1.29 is 29.4 Å². The smallest absolute Gasteiger partial charge is 0.328 e. The van der Waals surface area contributed by atoms with E-state index >= 15 is 0 Å². The number of carbonyl (C=O) groups excluding carboxylic acids is 3. The Hall–Kier alpha value is -2.20. The quantitative estimate of drug-likeness (QED) is 0.338. The van der Waals surface area contributed by atoms with E-state index in [1.54, 1.807) is 0 Å². The van der Waals surface area contributed by atoms with E-state index < -0.39 is 47.9 Å². The van der Waals surface area contributed by atoms with Gasteiger partial charge in [0, 0.05) is 6.54 Å². The van der Waals surface area contributed by atoms with E-state index in [-0.39, 0.29) is 6.54 Å². The number of amides is 3. The highest BCUT2D eigenvalue weighted by Gasteiger charge is 2.36. The van der Waals surface area contributed by atoms with Crippen LogP contribution in [0.2, 0.25) is 0 Å². The number of rotatable bonds is 7. The van der Waals surface area contributed by atoms with E-state index in [1.165, 1.54) is 18.7 Å². The summed E-state index contributed by atoms with van der Waals surface area (Å²) >= 11 is 0. The molecule has 6 N–H and O–H groups in total. The monoisotopic (exact) mass is 344 g/mol. The van der Waals surface area contributed by atoms with Crippen molar-refractivity contribution in [3.8, 4) is 0 Å². The summed E-state index contributed by atoms with van der Waals surface area (Å²) in [5.74, 6) is -2.94. The second-order valence-corrected chi connectivity index (χ2v) is 5.82. The molecule has 3 amide bonds. The predicted molar refractivity (Wildman–Crippen MR) is 82.6 cm³/mol. The fourth-order valence-electron chi connectivity index (χ4n) is 2.40. The van der Waals surface area contributed by atoms with Gasteiger partial charge in [-0.1, -0.05) is 0 Å². The number of aliphatic hydroxyl groups excluding tert-OH is 1. The highest BCUT2D eigenvalue weighted by molar-refractivity contribution is 5.93. The SMILES string of the molecule is CC(N)C(=O)NCC(=O)N1CCCC1C(=O)NC(C(=O)O)C(C)O. The molecule has 10 nitrogen and oxygen atoms in total. The lowest BCUT2D eigenvalue weighted by molar-refractivity contribution is -0.146. The van der Waals surface area contributed by atoms with Gasteiger partial charge in [0.25, 0.3) is 0 Å². The summed E-state index contributed by atoms with van der Waals surface area (Å²) in [6, 6.07) is -3.03. The number of carbonyl (C=O) groups is 4. The van der Waals surface area contributed by atoms with Gasteiger partial charge in [-0.15, -0.1) is 0 Å². The Labute approximate surface area is 139 Å². The Balaban J connectivity index is 2.67. The number of aliphatic hydroxyl groups is 1. The van der Waals surface area contributed by atoms with E-state index in [9.17, 15) is 24.3 Å². The third kappa shape index (κ3) is 5.17. The number of carboxylic acids is 1. The van der Waals surface area contributed by atoms with Crippen LogP contribution in [-0.4, -0.2) is 76.1 Å². The van der Waals surface area contributed by atoms with Gasteiger partial charge in [0.05, 0.1) is 18.7 Å². The number of nitrogens with one attached hydrogen (secondary N) is 2. The van der Waals surface area contributed by atoms with Gasteiger partial charge >= 0.3 is 5.97 Å². The van der Waals surface area contributed by atoms with E-state index in [0.29, 0.717) is 19.4 Å². The summed E-state index contributed by atoms with van der Waals surface area (Å²) < 4.78 is 0. The molecule has 0 aromatic rings. The van der Waals surface area contributed by atoms with Crippen molar-refractivity contribution in [3.63, 3.8) is 0 Å². The van der Waals surface area contributed by atoms with Gasteiger partial charge in [-0.05, 0) is 26.7 Å². The lowest BCUT2D eigenvalue weighted by Gasteiger charge is -2.26. The van der Waals surface area contributed by atoms with Crippen LogP contribution in [0.5, 0.6) is 0 Å². The van der Waals surface area contributed by atoms with Crippen molar-refractivity contribution in [1.82, 2.24) is 15.5 Å². The molecule has 0 aromatic heterocycles. The topological polar surface area (TPSA) is 162 Å². The summed E-state index contributed by atoms with van der Waals surface area (Å²) in [5.41, 5.74) is 5.38. The zero-order valence-corrected chi connectivity index (χ0v) is 13.7. The molecule has 1 rings (SSSR count). The maximum atomic E-state index is 12.2. The maximum Gasteiger partial charge on any atom is 0.328 e. The van der Waals surface area contributed by atoms with Gasteiger partial charge in [-0.3, -0.25) is 14.4 Å². The second-order valence-electron chi connectivity index (χ2n) is 5.82. The molecule has 1 heterocycles. The van der Waals surface area contributed by atoms with Gasteiger partial charge in [0.15, 0.2) is 6.04 Å². The Kier molecular flexibility index (Phi) is 7.11. The molecule has 136 valence electrons. The van der Waals surface area contributed by atoms with Gasteiger partial charge in [-0.25, -0.2) is 4.79 Å². The first kappa shape index (κ1) is 19.8. The molecular weight excluding hydrogens is 320 g/mol. The summed E-state index contributed by atoms with van der Waals surface area (Å²) in [6.45, 7) is 2.77. The lowest BCUT2D eigenvalue weighted by atomic mass is 10.1. The molecule has 0 saturated carbocycles. The fraction of sp³-hybridized carbons (Fsp3) is 0.714. The highest BCUT2D eigenvalue weighted by Crippen LogP contribution is 2.17. The zero-order chi connectivity index (χ0) is 18.4.